The fourth-order valence-corrected chi connectivity index (χ4v) is 2.18. The Morgan fingerprint density at radius 1 is 1.14 bits per heavy atom. The van der Waals surface area contributed by atoms with E-state index in [1.54, 1.807) is 24.4 Å². The lowest BCUT2D eigenvalue weighted by Gasteiger charge is -2.21. The van der Waals surface area contributed by atoms with Crippen molar-refractivity contribution in [2.45, 2.75) is 13.8 Å². The van der Waals surface area contributed by atoms with E-state index in [4.69, 9.17) is 0 Å². The van der Waals surface area contributed by atoms with Crippen molar-refractivity contribution in [2.24, 2.45) is 10.2 Å². The fraction of sp³-hybridized carbons (Fsp3) is 0.267. The van der Waals surface area contributed by atoms with E-state index in [9.17, 15) is 5.11 Å². The van der Waals surface area contributed by atoms with E-state index >= 15 is 0 Å². The van der Waals surface area contributed by atoms with Gasteiger partial charge in [-0.05, 0) is 48.0 Å². The Morgan fingerprint density at radius 3 is 2.52 bits per heavy atom. The number of phenols is 1. The molecule has 0 atom stereocenters. The van der Waals surface area contributed by atoms with Crippen LogP contribution in [0.1, 0.15) is 13.8 Å². The Hall–Kier alpha value is -1.95. The van der Waals surface area contributed by atoms with Gasteiger partial charge in [0.2, 0.25) is 0 Å². The maximum absolute atomic E-state index is 9.82. The largest absolute Gasteiger partial charge is 0.508 e. The lowest BCUT2D eigenvalue weighted by molar-refractivity contribution is 0.475. The molecule has 0 bridgehead atoms. The average molecular weight is 349 g/mol. The van der Waals surface area contributed by atoms with Gasteiger partial charge in [-0.25, -0.2) is 4.98 Å². The van der Waals surface area contributed by atoms with Crippen LogP contribution in [-0.2, 0) is 0 Å². The van der Waals surface area contributed by atoms with Gasteiger partial charge in [-0.15, -0.1) is 10.2 Å². The van der Waals surface area contributed by atoms with Gasteiger partial charge in [-0.1, -0.05) is 0 Å². The highest BCUT2D eigenvalue weighted by Gasteiger charge is 2.05. The van der Waals surface area contributed by atoms with Crippen molar-refractivity contribution in [3.8, 4) is 5.75 Å². The number of benzene rings is 1. The molecule has 2 aromatic rings. The summed E-state index contributed by atoms with van der Waals surface area (Å²) in [7, 11) is 0. The van der Waals surface area contributed by atoms with Crippen LogP contribution in [0.15, 0.2) is 51.2 Å². The first kappa shape index (κ1) is 15.4. The number of hydrogen-bond donors (Lipinski definition) is 1. The zero-order chi connectivity index (χ0) is 15.2. The van der Waals surface area contributed by atoms with Gasteiger partial charge < -0.3 is 10.0 Å². The molecule has 0 spiro atoms. The summed E-state index contributed by atoms with van der Waals surface area (Å²) < 4.78 is 0.891. The van der Waals surface area contributed by atoms with Gasteiger partial charge in [0.25, 0.3) is 0 Å². The van der Waals surface area contributed by atoms with Crippen molar-refractivity contribution in [3.05, 3.63) is 41.0 Å². The number of azo groups is 1. The Balaban J connectivity index is 2.25. The first-order chi connectivity index (χ1) is 10.1. The molecule has 0 amide bonds. The number of pyridine rings is 1. The number of phenolic OH excluding ortho intramolecular Hbond substituents is 1. The third kappa shape index (κ3) is 4.26. The van der Waals surface area contributed by atoms with Crippen molar-refractivity contribution in [1.29, 1.82) is 0 Å². The number of anilines is 1. The highest BCUT2D eigenvalue weighted by Crippen LogP contribution is 2.29. The quantitative estimate of drug-likeness (QED) is 0.788. The first-order valence-electron chi connectivity index (χ1n) is 6.74. The zero-order valence-corrected chi connectivity index (χ0v) is 13.6. The summed E-state index contributed by atoms with van der Waals surface area (Å²) in [5.74, 6) is 0.697. The molecule has 1 aromatic carbocycles. The molecule has 0 aliphatic heterocycles. The van der Waals surface area contributed by atoms with Crippen molar-refractivity contribution >= 4 is 33.1 Å². The third-order valence-corrected chi connectivity index (χ3v) is 3.46. The summed E-state index contributed by atoms with van der Waals surface area (Å²) >= 11 is 3.32. The molecule has 0 aliphatic carbocycles. The summed E-state index contributed by atoms with van der Waals surface area (Å²) in [5, 5.41) is 18.0. The molecule has 1 N–H and O–H groups in total. The molecule has 2 rings (SSSR count). The lowest BCUT2D eigenvalue weighted by atomic mass is 10.2. The SMILES string of the molecule is CCN(CC)c1cc(O)cc(/N=N/c2ccc(Br)cn2)c1. The van der Waals surface area contributed by atoms with Crippen molar-refractivity contribution in [2.75, 3.05) is 18.0 Å². The van der Waals surface area contributed by atoms with E-state index < -0.39 is 0 Å². The van der Waals surface area contributed by atoms with Gasteiger partial charge in [0.15, 0.2) is 5.82 Å². The van der Waals surface area contributed by atoms with Gasteiger partial charge >= 0.3 is 0 Å². The van der Waals surface area contributed by atoms with Crippen LogP contribution in [0.5, 0.6) is 5.75 Å². The first-order valence-corrected chi connectivity index (χ1v) is 7.54. The number of rotatable bonds is 5. The van der Waals surface area contributed by atoms with Crippen LogP contribution in [-0.4, -0.2) is 23.2 Å². The highest BCUT2D eigenvalue weighted by atomic mass is 79.9. The van der Waals surface area contributed by atoms with Crippen LogP contribution in [0.4, 0.5) is 17.2 Å². The Labute approximate surface area is 132 Å². The normalized spacial score (nSPS) is 11.0. The van der Waals surface area contributed by atoms with E-state index in [1.165, 1.54) is 0 Å². The number of hydrogen-bond acceptors (Lipinski definition) is 5. The lowest BCUT2D eigenvalue weighted by Crippen LogP contribution is -2.21. The molecule has 0 saturated carbocycles. The molecule has 0 radical (unpaired) electrons. The number of nitrogens with zero attached hydrogens (tertiary/aromatic N) is 4. The van der Waals surface area contributed by atoms with Gasteiger partial charge in [0, 0.05) is 41.6 Å². The number of aromatic hydroxyl groups is 1. The second kappa shape index (κ2) is 7.17. The minimum absolute atomic E-state index is 0.178. The molecule has 0 saturated heterocycles. The van der Waals surface area contributed by atoms with E-state index in [1.807, 2.05) is 12.1 Å². The van der Waals surface area contributed by atoms with Crippen LogP contribution in [0.25, 0.3) is 0 Å². The number of aromatic nitrogens is 1. The summed E-state index contributed by atoms with van der Waals surface area (Å²) in [6, 6.07) is 8.82. The predicted octanol–water partition coefficient (Wildman–Crippen LogP) is 4.81. The summed E-state index contributed by atoms with van der Waals surface area (Å²) in [6.45, 7) is 5.87. The highest BCUT2D eigenvalue weighted by molar-refractivity contribution is 9.10. The van der Waals surface area contributed by atoms with E-state index in [-0.39, 0.29) is 5.75 Å². The molecule has 1 aromatic heterocycles. The Bertz CT molecular complexity index is 624. The number of halogens is 1. The average Bonchev–Trinajstić information content (AvgIpc) is 2.47. The minimum atomic E-state index is 0.178. The third-order valence-electron chi connectivity index (χ3n) is 3.00. The second-order valence-electron chi connectivity index (χ2n) is 4.41. The van der Waals surface area contributed by atoms with Crippen molar-refractivity contribution < 1.29 is 5.11 Å². The van der Waals surface area contributed by atoms with Crippen molar-refractivity contribution in [1.82, 2.24) is 4.98 Å². The van der Waals surface area contributed by atoms with Gasteiger partial charge in [0.05, 0.1) is 5.69 Å². The van der Waals surface area contributed by atoms with Gasteiger partial charge in [-0.2, -0.15) is 0 Å². The van der Waals surface area contributed by atoms with E-state index in [0.29, 0.717) is 11.5 Å². The molecule has 0 aliphatic rings. The summed E-state index contributed by atoms with van der Waals surface area (Å²) in [6.07, 6.45) is 1.66. The summed E-state index contributed by atoms with van der Waals surface area (Å²) in [5.41, 5.74) is 1.53. The Morgan fingerprint density at radius 2 is 1.90 bits per heavy atom. The van der Waals surface area contributed by atoms with Crippen LogP contribution in [0.3, 0.4) is 0 Å². The van der Waals surface area contributed by atoms with Gasteiger partial charge in [0.1, 0.15) is 5.75 Å². The van der Waals surface area contributed by atoms with Crippen LogP contribution in [0.2, 0.25) is 0 Å². The summed E-state index contributed by atoms with van der Waals surface area (Å²) in [4.78, 5) is 6.26. The monoisotopic (exact) mass is 348 g/mol. The van der Waals surface area contributed by atoms with Crippen LogP contribution in [0, 0.1) is 0 Å². The maximum Gasteiger partial charge on any atom is 0.174 e. The second-order valence-corrected chi connectivity index (χ2v) is 5.33. The molecule has 0 unspecified atom stereocenters. The molecular formula is C15H17BrN4O. The van der Waals surface area contributed by atoms with Crippen LogP contribution < -0.4 is 4.90 Å². The predicted molar refractivity (Wildman–Crippen MR) is 87.8 cm³/mol. The fourth-order valence-electron chi connectivity index (χ4n) is 1.94. The molecule has 6 heteroatoms. The van der Waals surface area contributed by atoms with Gasteiger partial charge in [-0.3, -0.25) is 0 Å². The molecular weight excluding hydrogens is 332 g/mol. The molecule has 1 heterocycles. The smallest absolute Gasteiger partial charge is 0.174 e. The molecule has 5 nitrogen and oxygen atoms in total. The topological polar surface area (TPSA) is 61.1 Å². The molecule has 21 heavy (non-hydrogen) atoms. The van der Waals surface area contributed by atoms with E-state index in [2.05, 4.69) is 49.9 Å². The molecule has 110 valence electrons. The minimum Gasteiger partial charge on any atom is -0.508 e. The van der Waals surface area contributed by atoms with Crippen molar-refractivity contribution in [3.63, 3.8) is 0 Å². The van der Waals surface area contributed by atoms with E-state index in [0.717, 1.165) is 23.2 Å². The maximum atomic E-state index is 9.82. The van der Waals surface area contributed by atoms with Crippen LogP contribution >= 0.6 is 15.9 Å². The Kier molecular flexibility index (Phi) is 5.27. The zero-order valence-electron chi connectivity index (χ0n) is 12.0. The standard InChI is InChI=1S/C15H17BrN4O/c1-3-20(4-2)13-7-12(8-14(21)9-13)18-19-15-6-5-11(16)10-17-15/h5-10,21H,3-4H2,1-2H3/b19-18+. The molecule has 0 fully saturated rings.